The van der Waals surface area contributed by atoms with Gasteiger partial charge in [-0.1, -0.05) is 19.9 Å². The van der Waals surface area contributed by atoms with E-state index in [0.717, 1.165) is 5.56 Å². The summed E-state index contributed by atoms with van der Waals surface area (Å²) in [5.41, 5.74) is -0.579. The Morgan fingerprint density at radius 2 is 2.09 bits per heavy atom. The number of nitrogens with one attached hydrogen (secondary N) is 1. The van der Waals surface area contributed by atoms with Gasteiger partial charge in [-0.2, -0.15) is 0 Å². The Morgan fingerprint density at radius 1 is 1.43 bits per heavy atom. The Hall–Kier alpha value is -1.40. The molecule has 0 bridgehead atoms. The summed E-state index contributed by atoms with van der Waals surface area (Å²) in [6.45, 7) is 7.94. The van der Waals surface area contributed by atoms with E-state index in [4.69, 9.17) is 4.74 Å². The van der Waals surface area contributed by atoms with Gasteiger partial charge in [-0.05, 0) is 47.5 Å². The summed E-state index contributed by atoms with van der Waals surface area (Å²) in [6.07, 6.45) is 0.0728. The molecule has 1 aliphatic carbocycles. The molecule has 1 saturated carbocycles. The molecule has 23 heavy (non-hydrogen) atoms. The highest BCUT2D eigenvalue weighted by Crippen LogP contribution is 2.51. The molecule has 5 nitrogen and oxygen atoms in total. The zero-order valence-electron chi connectivity index (χ0n) is 13.8. The molecule has 0 aromatic heterocycles. The Balaban J connectivity index is 2.28. The second kappa shape index (κ2) is 6.24. The molecule has 2 rings (SSSR count). The topological polar surface area (TPSA) is 75.6 Å². The minimum absolute atomic E-state index is 0.189. The van der Waals surface area contributed by atoms with Gasteiger partial charge in [-0.3, -0.25) is 4.79 Å². The Kier molecular flexibility index (Phi) is 4.87. The smallest absolute Gasteiger partial charge is 0.330 e. The van der Waals surface area contributed by atoms with E-state index in [-0.39, 0.29) is 12.5 Å². The number of carbonyl (C=O) groups is 2. The van der Waals surface area contributed by atoms with E-state index in [9.17, 15) is 14.7 Å². The Labute approximate surface area is 144 Å². The summed E-state index contributed by atoms with van der Waals surface area (Å²) in [4.78, 5) is 24.5. The van der Waals surface area contributed by atoms with Gasteiger partial charge in [0.25, 0.3) is 5.91 Å². The quantitative estimate of drug-likeness (QED) is 0.818. The van der Waals surface area contributed by atoms with E-state index in [1.807, 2.05) is 39.8 Å². The molecule has 2 unspecified atom stereocenters. The summed E-state index contributed by atoms with van der Waals surface area (Å²) < 4.78 is 6.25. The second-order valence-corrected chi connectivity index (χ2v) is 7.37. The summed E-state index contributed by atoms with van der Waals surface area (Å²) in [6, 6.07) is 5.34. The SMILES string of the molecule is CCOC1CC(NC(=O)c2ccc(C)cc2Br)(C(=O)O)C1(C)C. The van der Waals surface area contributed by atoms with Crippen molar-refractivity contribution in [2.45, 2.75) is 45.8 Å². The van der Waals surface area contributed by atoms with Crippen molar-refractivity contribution in [1.29, 1.82) is 0 Å². The Bertz CT molecular complexity index is 643. The van der Waals surface area contributed by atoms with Gasteiger partial charge in [0.1, 0.15) is 5.54 Å². The van der Waals surface area contributed by atoms with Crippen LogP contribution in [0.2, 0.25) is 0 Å². The van der Waals surface area contributed by atoms with Crippen molar-refractivity contribution in [2.75, 3.05) is 6.61 Å². The summed E-state index contributed by atoms with van der Waals surface area (Å²) in [7, 11) is 0. The molecule has 126 valence electrons. The molecule has 6 heteroatoms. The van der Waals surface area contributed by atoms with Gasteiger partial charge in [0.15, 0.2) is 0 Å². The molecular formula is C17H22BrNO4. The van der Waals surface area contributed by atoms with Crippen molar-refractivity contribution in [3.63, 3.8) is 0 Å². The maximum Gasteiger partial charge on any atom is 0.330 e. The number of aliphatic carboxylic acids is 1. The number of halogens is 1. The van der Waals surface area contributed by atoms with Gasteiger partial charge in [-0.15, -0.1) is 0 Å². The molecule has 0 radical (unpaired) electrons. The second-order valence-electron chi connectivity index (χ2n) is 6.52. The first-order valence-electron chi connectivity index (χ1n) is 7.59. The molecule has 2 N–H and O–H groups in total. The van der Waals surface area contributed by atoms with Crippen LogP contribution >= 0.6 is 15.9 Å². The number of rotatable bonds is 5. The zero-order chi connectivity index (χ0) is 17.4. The van der Waals surface area contributed by atoms with Crippen LogP contribution in [0.25, 0.3) is 0 Å². The molecular weight excluding hydrogens is 362 g/mol. The van der Waals surface area contributed by atoms with E-state index in [2.05, 4.69) is 21.2 Å². The summed E-state index contributed by atoms with van der Waals surface area (Å²) in [5, 5.41) is 12.5. The predicted molar refractivity (Wildman–Crippen MR) is 90.5 cm³/mol. The van der Waals surface area contributed by atoms with Crippen molar-refractivity contribution >= 4 is 27.8 Å². The molecule has 1 aliphatic rings. The molecule has 2 atom stereocenters. The van der Waals surface area contributed by atoms with Crippen molar-refractivity contribution < 1.29 is 19.4 Å². The zero-order valence-corrected chi connectivity index (χ0v) is 15.4. The van der Waals surface area contributed by atoms with Crippen molar-refractivity contribution in [3.8, 4) is 0 Å². The molecule has 1 fully saturated rings. The third-order valence-corrected chi connectivity index (χ3v) is 5.48. The highest BCUT2D eigenvalue weighted by Gasteiger charge is 2.66. The third kappa shape index (κ3) is 2.90. The van der Waals surface area contributed by atoms with Crippen molar-refractivity contribution in [3.05, 3.63) is 33.8 Å². The van der Waals surface area contributed by atoms with Crippen LogP contribution in [-0.4, -0.2) is 35.2 Å². The van der Waals surface area contributed by atoms with Crippen LogP contribution in [0.1, 0.15) is 43.1 Å². The van der Waals surface area contributed by atoms with Crippen molar-refractivity contribution in [1.82, 2.24) is 5.32 Å². The first-order valence-corrected chi connectivity index (χ1v) is 8.38. The Morgan fingerprint density at radius 3 is 2.57 bits per heavy atom. The molecule has 1 aromatic carbocycles. The van der Waals surface area contributed by atoms with Gasteiger partial charge in [-0.25, -0.2) is 4.79 Å². The van der Waals surface area contributed by atoms with Gasteiger partial charge in [0.2, 0.25) is 0 Å². The predicted octanol–water partition coefficient (Wildman–Crippen LogP) is 3.15. The fourth-order valence-corrected chi connectivity index (χ4v) is 3.78. The highest BCUT2D eigenvalue weighted by atomic mass is 79.9. The van der Waals surface area contributed by atoms with Gasteiger partial charge in [0, 0.05) is 22.9 Å². The van der Waals surface area contributed by atoms with E-state index >= 15 is 0 Å². The van der Waals surface area contributed by atoms with Gasteiger partial charge in [0.05, 0.1) is 11.7 Å². The minimum Gasteiger partial charge on any atom is -0.479 e. The molecule has 0 heterocycles. The molecule has 1 aromatic rings. The van der Waals surface area contributed by atoms with E-state index < -0.39 is 22.8 Å². The van der Waals surface area contributed by atoms with Crippen molar-refractivity contribution in [2.24, 2.45) is 5.41 Å². The standard InChI is InChI=1S/C17H22BrNO4/c1-5-23-13-9-17(15(21)22,16(13,3)4)19-14(20)11-7-6-10(2)8-12(11)18/h6-8,13H,5,9H2,1-4H3,(H,19,20)(H,21,22). The lowest BCUT2D eigenvalue weighted by molar-refractivity contribution is -0.190. The lowest BCUT2D eigenvalue weighted by atomic mass is 9.54. The van der Waals surface area contributed by atoms with Crippen LogP contribution in [0.15, 0.2) is 22.7 Å². The van der Waals surface area contributed by atoms with Crippen LogP contribution in [-0.2, 0) is 9.53 Å². The van der Waals surface area contributed by atoms with Crippen LogP contribution < -0.4 is 5.32 Å². The number of hydrogen-bond acceptors (Lipinski definition) is 3. The number of ether oxygens (including phenoxy) is 1. The summed E-state index contributed by atoms with van der Waals surface area (Å²) >= 11 is 3.36. The lowest BCUT2D eigenvalue weighted by Gasteiger charge is -2.58. The number of amides is 1. The van der Waals surface area contributed by atoms with Crippen LogP contribution in [0.4, 0.5) is 0 Å². The number of hydrogen-bond donors (Lipinski definition) is 2. The normalized spacial score (nSPS) is 25.5. The maximum absolute atomic E-state index is 12.6. The average molecular weight is 384 g/mol. The number of carboxylic acid groups (broad SMARTS) is 1. The highest BCUT2D eigenvalue weighted by molar-refractivity contribution is 9.10. The van der Waals surface area contributed by atoms with E-state index in [0.29, 0.717) is 16.6 Å². The first-order chi connectivity index (χ1) is 10.7. The molecule has 1 amide bonds. The number of aryl methyl sites for hydroxylation is 1. The monoisotopic (exact) mass is 383 g/mol. The van der Waals surface area contributed by atoms with Gasteiger partial charge >= 0.3 is 5.97 Å². The number of carboxylic acids is 1. The molecule has 0 spiro atoms. The minimum atomic E-state index is -1.33. The maximum atomic E-state index is 12.6. The third-order valence-electron chi connectivity index (χ3n) is 4.83. The number of carbonyl (C=O) groups excluding carboxylic acids is 1. The first kappa shape index (κ1) is 17.9. The van der Waals surface area contributed by atoms with E-state index in [1.54, 1.807) is 6.07 Å². The average Bonchev–Trinajstić information content (AvgIpc) is 2.45. The number of benzene rings is 1. The van der Waals surface area contributed by atoms with E-state index in [1.165, 1.54) is 0 Å². The van der Waals surface area contributed by atoms with Crippen LogP contribution in [0.5, 0.6) is 0 Å². The summed E-state index contributed by atoms with van der Waals surface area (Å²) in [5.74, 6) is -1.43. The largest absolute Gasteiger partial charge is 0.479 e. The van der Waals surface area contributed by atoms with Crippen LogP contribution in [0, 0.1) is 12.3 Å². The fraction of sp³-hybridized carbons (Fsp3) is 0.529. The van der Waals surface area contributed by atoms with Gasteiger partial charge < -0.3 is 15.2 Å². The molecule has 0 saturated heterocycles. The lowest BCUT2D eigenvalue weighted by Crippen LogP contribution is -2.76. The van der Waals surface area contributed by atoms with Crippen LogP contribution in [0.3, 0.4) is 0 Å². The fourth-order valence-electron chi connectivity index (χ4n) is 3.10. The molecule has 0 aliphatic heterocycles.